The van der Waals surface area contributed by atoms with E-state index in [0.29, 0.717) is 6.54 Å². The summed E-state index contributed by atoms with van der Waals surface area (Å²) in [6, 6.07) is 7.85. The van der Waals surface area contributed by atoms with Crippen LogP contribution in [0.2, 0.25) is 0 Å². The summed E-state index contributed by atoms with van der Waals surface area (Å²) >= 11 is 0. The Bertz CT molecular complexity index is 476. The van der Waals surface area contributed by atoms with Crippen LogP contribution in [0.3, 0.4) is 0 Å². The molecule has 2 rings (SSSR count). The molecule has 1 aliphatic rings. The Labute approximate surface area is 110 Å². The molecule has 1 saturated heterocycles. The van der Waals surface area contributed by atoms with Gasteiger partial charge in [-0.2, -0.15) is 18.4 Å². The van der Waals surface area contributed by atoms with Gasteiger partial charge in [-0.3, -0.25) is 4.90 Å². The highest BCUT2D eigenvalue weighted by molar-refractivity contribution is 5.29. The quantitative estimate of drug-likeness (QED) is 0.821. The predicted molar refractivity (Wildman–Crippen MR) is 65.1 cm³/mol. The molecule has 0 bridgehead atoms. The number of piperidine rings is 1. The van der Waals surface area contributed by atoms with Crippen LogP contribution in [0.1, 0.15) is 24.0 Å². The summed E-state index contributed by atoms with van der Waals surface area (Å²) in [4.78, 5) is 1.93. The van der Waals surface area contributed by atoms with Gasteiger partial charge in [-0.05, 0) is 31.0 Å². The third kappa shape index (κ3) is 3.48. The number of halogens is 3. The van der Waals surface area contributed by atoms with Crippen molar-refractivity contribution in [2.75, 3.05) is 13.1 Å². The van der Waals surface area contributed by atoms with Crippen molar-refractivity contribution in [2.45, 2.75) is 25.6 Å². The maximum atomic E-state index is 12.9. The van der Waals surface area contributed by atoms with Crippen LogP contribution in [0, 0.1) is 17.2 Å². The average molecular weight is 268 g/mol. The summed E-state index contributed by atoms with van der Waals surface area (Å²) in [5, 5.41) is 8.90. The van der Waals surface area contributed by atoms with Crippen LogP contribution in [0.5, 0.6) is 0 Å². The van der Waals surface area contributed by atoms with Crippen molar-refractivity contribution in [1.82, 2.24) is 4.90 Å². The van der Waals surface area contributed by atoms with Crippen LogP contribution in [-0.4, -0.2) is 18.0 Å². The fraction of sp³-hybridized carbons (Fsp3) is 0.500. The zero-order valence-electron chi connectivity index (χ0n) is 10.5. The molecule has 5 heteroatoms. The van der Waals surface area contributed by atoms with E-state index in [1.807, 2.05) is 4.90 Å². The highest BCUT2D eigenvalue weighted by Gasteiger charge is 2.33. The molecule has 1 fully saturated rings. The lowest BCUT2D eigenvalue weighted by atomic mass is 9.98. The number of alkyl halides is 3. The number of benzene rings is 1. The molecule has 0 spiro atoms. The number of hydrogen-bond donors (Lipinski definition) is 0. The number of nitrogens with zero attached hydrogens (tertiary/aromatic N) is 2. The van der Waals surface area contributed by atoms with E-state index < -0.39 is 11.7 Å². The van der Waals surface area contributed by atoms with Crippen molar-refractivity contribution in [2.24, 2.45) is 5.92 Å². The fourth-order valence-electron chi connectivity index (χ4n) is 2.48. The highest BCUT2D eigenvalue weighted by Crippen LogP contribution is 2.32. The van der Waals surface area contributed by atoms with Crippen molar-refractivity contribution in [3.8, 4) is 6.07 Å². The second-order valence-electron chi connectivity index (χ2n) is 4.86. The Balaban J connectivity index is 2.13. The molecule has 2 nitrogen and oxygen atoms in total. The summed E-state index contributed by atoms with van der Waals surface area (Å²) in [6.45, 7) is 1.57. The van der Waals surface area contributed by atoms with Gasteiger partial charge >= 0.3 is 6.18 Å². The first-order chi connectivity index (χ1) is 9.00. The number of likely N-dealkylation sites (tertiary alicyclic amines) is 1. The lowest BCUT2D eigenvalue weighted by Crippen LogP contribution is -2.34. The number of rotatable bonds is 2. The molecule has 0 N–H and O–H groups in total. The molecule has 0 aliphatic carbocycles. The molecule has 0 saturated carbocycles. The molecule has 1 atom stereocenters. The van der Waals surface area contributed by atoms with Crippen LogP contribution in [0.25, 0.3) is 0 Å². The molecular formula is C14H15F3N2. The van der Waals surface area contributed by atoms with E-state index in [1.165, 1.54) is 12.1 Å². The van der Waals surface area contributed by atoms with Gasteiger partial charge in [0.1, 0.15) is 0 Å². The molecule has 1 aromatic carbocycles. The molecule has 1 heterocycles. The monoisotopic (exact) mass is 268 g/mol. The van der Waals surface area contributed by atoms with Gasteiger partial charge in [0.25, 0.3) is 0 Å². The SMILES string of the molecule is N#C[C@H]1CCCN(Cc2ccccc2C(F)(F)F)C1. The van der Waals surface area contributed by atoms with E-state index in [0.717, 1.165) is 25.5 Å². The van der Waals surface area contributed by atoms with Crippen LogP contribution >= 0.6 is 0 Å². The standard InChI is InChI=1S/C14H15F3N2/c15-14(16,17)13-6-2-1-5-12(13)10-19-7-3-4-11(8-18)9-19/h1-2,5-6,11H,3-4,7,9-10H2/t11-/m1/s1. The van der Waals surface area contributed by atoms with Gasteiger partial charge in [-0.25, -0.2) is 0 Å². The molecular weight excluding hydrogens is 253 g/mol. The third-order valence-electron chi connectivity index (χ3n) is 3.40. The van der Waals surface area contributed by atoms with E-state index >= 15 is 0 Å². The van der Waals surface area contributed by atoms with Crippen LogP contribution in [-0.2, 0) is 12.7 Å². The van der Waals surface area contributed by atoms with Crippen molar-refractivity contribution >= 4 is 0 Å². The Morgan fingerprint density at radius 1 is 1.32 bits per heavy atom. The van der Waals surface area contributed by atoms with E-state index in [4.69, 9.17) is 5.26 Å². The first-order valence-electron chi connectivity index (χ1n) is 6.28. The summed E-state index contributed by atoms with van der Waals surface area (Å²) in [5.41, 5.74) is -0.289. The Hall–Kier alpha value is -1.54. The van der Waals surface area contributed by atoms with E-state index in [-0.39, 0.29) is 18.0 Å². The molecule has 0 unspecified atom stereocenters. The summed E-state index contributed by atoms with van der Waals surface area (Å²) < 4.78 is 38.6. The number of nitriles is 1. The van der Waals surface area contributed by atoms with Gasteiger partial charge in [-0.1, -0.05) is 18.2 Å². The second kappa shape index (κ2) is 5.62. The molecule has 1 aromatic rings. The maximum absolute atomic E-state index is 12.9. The van der Waals surface area contributed by atoms with Gasteiger partial charge in [0.2, 0.25) is 0 Å². The molecule has 1 aliphatic heterocycles. The zero-order chi connectivity index (χ0) is 13.9. The Morgan fingerprint density at radius 3 is 2.74 bits per heavy atom. The fourth-order valence-corrected chi connectivity index (χ4v) is 2.48. The first-order valence-corrected chi connectivity index (χ1v) is 6.28. The second-order valence-corrected chi connectivity index (χ2v) is 4.86. The largest absolute Gasteiger partial charge is 0.416 e. The summed E-state index contributed by atoms with van der Waals surface area (Å²) in [5.74, 6) is -0.0631. The third-order valence-corrected chi connectivity index (χ3v) is 3.40. The normalized spacial score (nSPS) is 21.1. The summed E-state index contributed by atoms with van der Waals surface area (Å²) in [7, 11) is 0. The minimum Gasteiger partial charge on any atom is -0.298 e. The van der Waals surface area contributed by atoms with Gasteiger partial charge in [0, 0.05) is 13.1 Å². The molecule has 102 valence electrons. The molecule has 0 aromatic heterocycles. The average Bonchev–Trinajstić information content (AvgIpc) is 2.38. The minimum atomic E-state index is -4.32. The van der Waals surface area contributed by atoms with Crippen molar-refractivity contribution in [3.05, 3.63) is 35.4 Å². The summed E-state index contributed by atoms with van der Waals surface area (Å²) in [6.07, 6.45) is -2.61. The maximum Gasteiger partial charge on any atom is 0.416 e. The lowest BCUT2D eigenvalue weighted by Gasteiger charge is -2.30. The first kappa shape index (κ1) is 13.9. The van der Waals surface area contributed by atoms with Gasteiger partial charge < -0.3 is 0 Å². The molecule has 0 radical (unpaired) electrons. The van der Waals surface area contributed by atoms with E-state index in [9.17, 15) is 13.2 Å². The van der Waals surface area contributed by atoms with Gasteiger partial charge in [0.05, 0.1) is 17.6 Å². The zero-order valence-corrected chi connectivity index (χ0v) is 10.5. The number of hydrogen-bond acceptors (Lipinski definition) is 2. The smallest absolute Gasteiger partial charge is 0.298 e. The Kier molecular flexibility index (Phi) is 4.11. The predicted octanol–water partition coefficient (Wildman–Crippen LogP) is 3.44. The highest BCUT2D eigenvalue weighted by atomic mass is 19.4. The topological polar surface area (TPSA) is 27.0 Å². The van der Waals surface area contributed by atoms with Crippen molar-refractivity contribution in [1.29, 1.82) is 5.26 Å². The minimum absolute atomic E-state index is 0.0631. The van der Waals surface area contributed by atoms with E-state index in [1.54, 1.807) is 6.07 Å². The van der Waals surface area contributed by atoms with Crippen molar-refractivity contribution < 1.29 is 13.2 Å². The van der Waals surface area contributed by atoms with Crippen LogP contribution in [0.4, 0.5) is 13.2 Å². The van der Waals surface area contributed by atoms with Gasteiger partial charge in [-0.15, -0.1) is 0 Å². The molecule has 19 heavy (non-hydrogen) atoms. The van der Waals surface area contributed by atoms with Crippen molar-refractivity contribution in [3.63, 3.8) is 0 Å². The lowest BCUT2D eigenvalue weighted by molar-refractivity contribution is -0.138. The molecule has 0 amide bonds. The van der Waals surface area contributed by atoms with E-state index in [2.05, 4.69) is 6.07 Å². The van der Waals surface area contributed by atoms with Gasteiger partial charge in [0.15, 0.2) is 0 Å². The van der Waals surface area contributed by atoms with Crippen LogP contribution < -0.4 is 0 Å². The van der Waals surface area contributed by atoms with Crippen LogP contribution in [0.15, 0.2) is 24.3 Å². The Morgan fingerprint density at radius 2 is 2.05 bits per heavy atom.